The zero-order valence-corrected chi connectivity index (χ0v) is 14.8. The predicted molar refractivity (Wildman–Crippen MR) is 91.8 cm³/mol. The molecule has 2 aromatic heterocycles. The third-order valence-electron chi connectivity index (χ3n) is 4.89. The third-order valence-corrected chi connectivity index (χ3v) is 5.66. The van der Waals surface area contributed by atoms with E-state index in [9.17, 15) is 9.59 Å². The van der Waals surface area contributed by atoms with Gasteiger partial charge in [0.15, 0.2) is 11.6 Å². The normalized spacial score (nSPS) is 24.0. The maximum Gasteiger partial charge on any atom is 0.312 e. The number of imidazole rings is 1. The second-order valence-electron chi connectivity index (χ2n) is 6.60. The molecule has 0 aromatic carbocycles. The molecule has 3 rings (SSSR count). The van der Waals surface area contributed by atoms with Gasteiger partial charge in [-0.25, -0.2) is 4.98 Å². The summed E-state index contributed by atoms with van der Waals surface area (Å²) in [6, 6.07) is 0.180. The molecule has 3 atom stereocenters. The van der Waals surface area contributed by atoms with E-state index in [4.69, 9.17) is 4.74 Å². The highest BCUT2D eigenvalue weighted by Crippen LogP contribution is 2.29. The van der Waals surface area contributed by atoms with Gasteiger partial charge in [0.1, 0.15) is 0 Å². The van der Waals surface area contributed by atoms with Crippen LogP contribution in [-0.4, -0.2) is 33.9 Å². The van der Waals surface area contributed by atoms with Gasteiger partial charge in [0, 0.05) is 23.8 Å². The Hall–Kier alpha value is -1.89. The van der Waals surface area contributed by atoms with E-state index in [0.29, 0.717) is 17.5 Å². The molecule has 1 fully saturated rings. The average Bonchev–Trinajstić information content (AvgIpc) is 3.11. The SMILES string of the molecule is C[C@H]1[C@H](C)CCC[C@@H]1NC(=O)COC(=O)Cc1cn2ccsc2n1. The summed E-state index contributed by atoms with van der Waals surface area (Å²) in [5.41, 5.74) is 0.655. The summed E-state index contributed by atoms with van der Waals surface area (Å²) in [6.45, 7) is 4.17. The van der Waals surface area contributed by atoms with Crippen LogP contribution in [0.15, 0.2) is 17.8 Å². The Morgan fingerprint density at radius 3 is 3.04 bits per heavy atom. The molecule has 0 bridgehead atoms. The van der Waals surface area contributed by atoms with Gasteiger partial charge in [-0.15, -0.1) is 11.3 Å². The van der Waals surface area contributed by atoms with Crippen LogP contribution in [0.25, 0.3) is 4.96 Å². The van der Waals surface area contributed by atoms with E-state index in [0.717, 1.165) is 17.8 Å². The Bertz CT molecular complexity index is 695. The number of aromatic nitrogens is 2. The number of esters is 1. The number of thiazole rings is 1. The fourth-order valence-electron chi connectivity index (χ4n) is 3.24. The van der Waals surface area contributed by atoms with E-state index in [1.807, 2.05) is 16.0 Å². The van der Waals surface area contributed by atoms with Gasteiger partial charge >= 0.3 is 5.97 Å². The molecule has 0 spiro atoms. The quantitative estimate of drug-likeness (QED) is 0.842. The van der Waals surface area contributed by atoms with E-state index in [2.05, 4.69) is 24.1 Å². The number of ether oxygens (including phenoxy) is 1. The predicted octanol–water partition coefficient (Wildman–Crippen LogP) is 2.42. The lowest BCUT2D eigenvalue weighted by Gasteiger charge is -2.34. The van der Waals surface area contributed by atoms with Crippen molar-refractivity contribution in [3.8, 4) is 0 Å². The van der Waals surface area contributed by atoms with Gasteiger partial charge in [-0.1, -0.05) is 26.7 Å². The van der Waals surface area contributed by atoms with E-state index < -0.39 is 5.97 Å². The highest BCUT2D eigenvalue weighted by Gasteiger charge is 2.28. The number of carbonyl (C=O) groups is 2. The van der Waals surface area contributed by atoms with E-state index >= 15 is 0 Å². The van der Waals surface area contributed by atoms with Gasteiger partial charge in [-0.3, -0.25) is 14.0 Å². The number of hydrogen-bond acceptors (Lipinski definition) is 5. The van der Waals surface area contributed by atoms with Crippen LogP contribution >= 0.6 is 11.3 Å². The van der Waals surface area contributed by atoms with Crippen LogP contribution in [0.1, 0.15) is 38.8 Å². The second kappa shape index (κ2) is 7.34. The number of rotatable bonds is 5. The molecule has 0 saturated heterocycles. The number of fused-ring (bicyclic) bond motifs is 1. The fourth-order valence-corrected chi connectivity index (χ4v) is 3.96. The molecule has 1 aliphatic rings. The van der Waals surface area contributed by atoms with Crippen molar-refractivity contribution in [2.24, 2.45) is 11.8 Å². The Morgan fingerprint density at radius 2 is 2.25 bits per heavy atom. The Kier molecular flexibility index (Phi) is 5.18. The number of nitrogens with one attached hydrogen (secondary N) is 1. The van der Waals surface area contributed by atoms with Crippen LogP contribution in [0, 0.1) is 11.8 Å². The lowest BCUT2D eigenvalue weighted by molar-refractivity contribution is -0.148. The Balaban J connectivity index is 1.43. The number of amides is 1. The lowest BCUT2D eigenvalue weighted by atomic mass is 9.78. The minimum absolute atomic E-state index is 0.0819. The van der Waals surface area contributed by atoms with Gasteiger partial charge in [0.25, 0.3) is 5.91 Å². The summed E-state index contributed by atoms with van der Waals surface area (Å²) in [7, 11) is 0. The summed E-state index contributed by atoms with van der Waals surface area (Å²) in [5.74, 6) is 0.416. The monoisotopic (exact) mass is 349 g/mol. The molecule has 0 aliphatic heterocycles. The minimum atomic E-state index is -0.430. The topological polar surface area (TPSA) is 72.7 Å². The van der Waals surface area contributed by atoms with Crippen molar-refractivity contribution < 1.29 is 14.3 Å². The number of carbonyl (C=O) groups excluding carboxylic acids is 2. The molecule has 0 radical (unpaired) electrons. The summed E-state index contributed by atoms with van der Waals surface area (Å²) in [4.78, 5) is 29.1. The largest absolute Gasteiger partial charge is 0.455 e. The molecular weight excluding hydrogens is 326 g/mol. The highest BCUT2D eigenvalue weighted by atomic mass is 32.1. The number of nitrogens with zero attached hydrogens (tertiary/aromatic N) is 2. The summed E-state index contributed by atoms with van der Waals surface area (Å²) in [6.07, 6.45) is 7.12. The fraction of sp³-hybridized carbons (Fsp3) is 0.588. The van der Waals surface area contributed by atoms with Crippen molar-refractivity contribution in [2.75, 3.05) is 6.61 Å². The molecule has 7 heteroatoms. The Morgan fingerprint density at radius 1 is 1.42 bits per heavy atom. The van der Waals surface area contributed by atoms with Gasteiger partial charge in [-0.05, 0) is 18.3 Å². The molecule has 24 heavy (non-hydrogen) atoms. The van der Waals surface area contributed by atoms with E-state index in [-0.39, 0.29) is 25.0 Å². The second-order valence-corrected chi connectivity index (χ2v) is 7.48. The van der Waals surface area contributed by atoms with Gasteiger partial charge in [0.05, 0.1) is 12.1 Å². The van der Waals surface area contributed by atoms with Gasteiger partial charge in [-0.2, -0.15) is 0 Å². The summed E-state index contributed by atoms with van der Waals surface area (Å²) >= 11 is 1.51. The minimum Gasteiger partial charge on any atom is -0.455 e. The molecule has 2 heterocycles. The highest BCUT2D eigenvalue weighted by molar-refractivity contribution is 7.15. The van der Waals surface area contributed by atoms with E-state index in [1.165, 1.54) is 17.8 Å². The third kappa shape index (κ3) is 3.95. The van der Waals surface area contributed by atoms with Crippen molar-refractivity contribution in [2.45, 2.75) is 45.6 Å². The Labute approximate surface area is 145 Å². The standard InChI is InChI=1S/C17H23N3O3S/c1-11-4-3-5-14(12(11)2)19-15(21)10-23-16(22)8-13-9-20-6-7-24-17(20)18-13/h6-7,9,11-12,14H,3-5,8,10H2,1-2H3,(H,19,21)/t11-,12+,14+/m1/s1. The van der Waals surface area contributed by atoms with Gasteiger partial charge in [0.2, 0.25) is 0 Å². The number of hydrogen-bond donors (Lipinski definition) is 1. The lowest BCUT2D eigenvalue weighted by Crippen LogP contribution is -2.45. The first kappa shape index (κ1) is 17.0. The molecule has 2 aromatic rings. The summed E-state index contributed by atoms with van der Waals surface area (Å²) in [5, 5.41) is 4.93. The zero-order valence-electron chi connectivity index (χ0n) is 14.0. The molecule has 6 nitrogen and oxygen atoms in total. The molecular formula is C17H23N3O3S. The van der Waals surface area contributed by atoms with Gasteiger partial charge < -0.3 is 10.1 Å². The summed E-state index contributed by atoms with van der Waals surface area (Å²) < 4.78 is 6.95. The average molecular weight is 349 g/mol. The first-order chi connectivity index (χ1) is 11.5. The van der Waals surface area contributed by atoms with Crippen molar-refractivity contribution >= 4 is 28.2 Å². The molecule has 1 amide bonds. The van der Waals surface area contributed by atoms with Crippen LogP contribution in [-0.2, 0) is 20.7 Å². The molecule has 130 valence electrons. The molecule has 0 unspecified atom stereocenters. The maximum atomic E-state index is 12.0. The van der Waals surface area contributed by atoms with Crippen LogP contribution < -0.4 is 5.32 Å². The first-order valence-electron chi connectivity index (χ1n) is 8.39. The zero-order chi connectivity index (χ0) is 17.1. The molecule has 1 aliphatic carbocycles. The van der Waals surface area contributed by atoms with Crippen LogP contribution in [0.4, 0.5) is 0 Å². The molecule has 1 N–H and O–H groups in total. The van der Waals surface area contributed by atoms with Crippen molar-refractivity contribution in [3.05, 3.63) is 23.5 Å². The van der Waals surface area contributed by atoms with Crippen molar-refractivity contribution in [1.82, 2.24) is 14.7 Å². The van der Waals surface area contributed by atoms with Crippen LogP contribution in [0.3, 0.4) is 0 Å². The first-order valence-corrected chi connectivity index (χ1v) is 9.27. The van der Waals surface area contributed by atoms with Crippen molar-refractivity contribution in [1.29, 1.82) is 0 Å². The van der Waals surface area contributed by atoms with E-state index in [1.54, 1.807) is 6.20 Å². The van der Waals surface area contributed by atoms with Crippen molar-refractivity contribution in [3.63, 3.8) is 0 Å². The van der Waals surface area contributed by atoms with Crippen LogP contribution in [0.2, 0.25) is 0 Å². The van der Waals surface area contributed by atoms with Crippen LogP contribution in [0.5, 0.6) is 0 Å². The smallest absolute Gasteiger partial charge is 0.312 e. The molecule has 1 saturated carbocycles. The maximum absolute atomic E-state index is 12.0.